The van der Waals surface area contributed by atoms with Gasteiger partial charge in [-0.1, -0.05) is 0 Å². The van der Waals surface area contributed by atoms with Gasteiger partial charge in [-0.15, -0.1) is 0 Å². The van der Waals surface area contributed by atoms with Crippen molar-refractivity contribution in [3.05, 3.63) is 101 Å². The standard InChI is InChI=1S/C43H40F3N9O7S/c44-27-9-10-54(19-27)63(60,61)51-33-5-4-32(45)37(38(33)46)39(57)31-17-49-40-30(31)14-25(16-48-40)24-1-8-36(47-15-24)62-12-11-52-20-43(21-52)22-53(23-43)28-2-3-29-26(13-28)18-55(42(29)59)34-6-7-35(56)50-41(34)58/h1-5,8,13-17,27,34,51H,6-7,9-12,18-23H2,(H,48,49)(H,50,56,58)/t27-,34?/m1/s1. The molecule has 2 aromatic carbocycles. The number of rotatable bonds is 12. The van der Waals surface area contributed by atoms with Crippen molar-refractivity contribution in [2.24, 2.45) is 5.41 Å². The van der Waals surface area contributed by atoms with Gasteiger partial charge in [0.2, 0.25) is 23.5 Å². The average molecular weight is 884 g/mol. The van der Waals surface area contributed by atoms with Crippen molar-refractivity contribution in [2.45, 2.75) is 38.0 Å². The number of aromatic nitrogens is 3. The van der Waals surface area contributed by atoms with Crippen LogP contribution in [-0.2, 0) is 26.3 Å². The van der Waals surface area contributed by atoms with Crippen LogP contribution < -0.4 is 19.7 Å². The number of anilines is 2. The molecule has 0 aliphatic carbocycles. The lowest BCUT2D eigenvalue weighted by molar-refractivity contribution is -0.136. The number of nitrogens with one attached hydrogen (secondary N) is 3. The van der Waals surface area contributed by atoms with Gasteiger partial charge in [0, 0.05) is 122 Å². The molecule has 3 amide bonds. The molecule has 3 aromatic heterocycles. The molecule has 20 heteroatoms. The number of amides is 3. The zero-order valence-corrected chi connectivity index (χ0v) is 34.4. The number of nitrogens with zero attached hydrogens (tertiary/aromatic N) is 6. The van der Waals surface area contributed by atoms with E-state index >= 15 is 8.78 Å². The van der Waals surface area contributed by atoms with Gasteiger partial charge in [0.15, 0.2) is 5.82 Å². The molecule has 3 N–H and O–H groups in total. The number of hydrogen-bond donors (Lipinski definition) is 3. The molecule has 1 spiro atoms. The number of carbonyl (C=O) groups is 4. The molecular formula is C43H40F3N9O7S. The average Bonchev–Trinajstić information content (AvgIpc) is 3.96. The fourth-order valence-corrected chi connectivity index (χ4v) is 10.6. The topological polar surface area (TPSA) is 190 Å². The van der Waals surface area contributed by atoms with Gasteiger partial charge in [-0.05, 0) is 60.9 Å². The highest BCUT2D eigenvalue weighted by Gasteiger charge is 2.51. The summed E-state index contributed by atoms with van der Waals surface area (Å²) in [6, 6.07) is 12.0. The molecule has 1 unspecified atom stereocenters. The highest BCUT2D eigenvalue weighted by Crippen LogP contribution is 2.43. The number of halogens is 3. The fourth-order valence-electron chi connectivity index (χ4n) is 9.31. The number of benzene rings is 2. The monoisotopic (exact) mass is 883 g/mol. The highest BCUT2D eigenvalue weighted by atomic mass is 32.2. The Kier molecular flexibility index (Phi) is 9.98. The molecule has 5 aliphatic rings. The Morgan fingerprint density at radius 3 is 2.52 bits per heavy atom. The normalized spacial score (nSPS) is 21.1. The lowest BCUT2D eigenvalue weighted by Gasteiger charge is -2.61. The van der Waals surface area contributed by atoms with Gasteiger partial charge in [-0.25, -0.2) is 23.1 Å². The molecule has 0 radical (unpaired) electrons. The van der Waals surface area contributed by atoms with Crippen LogP contribution in [0.4, 0.5) is 24.5 Å². The second-order valence-electron chi connectivity index (χ2n) is 16.8. The number of aromatic amines is 1. The maximum absolute atomic E-state index is 15.7. The quantitative estimate of drug-likeness (QED) is 0.122. The van der Waals surface area contributed by atoms with E-state index in [1.54, 1.807) is 35.5 Å². The number of H-pyrrole nitrogens is 1. The number of ether oxygens (including phenoxy) is 1. The van der Waals surface area contributed by atoms with E-state index in [0.29, 0.717) is 48.7 Å². The number of alkyl halides is 1. The summed E-state index contributed by atoms with van der Waals surface area (Å²) in [5.74, 6) is -4.14. The van der Waals surface area contributed by atoms with E-state index in [1.807, 2.05) is 22.9 Å². The van der Waals surface area contributed by atoms with Crippen LogP contribution in [0.2, 0.25) is 0 Å². The Hall–Kier alpha value is -6.38. The zero-order valence-electron chi connectivity index (χ0n) is 33.6. The first-order chi connectivity index (χ1) is 30.2. The van der Waals surface area contributed by atoms with Gasteiger partial charge < -0.3 is 19.5 Å². The SMILES string of the molecule is O=C1CCC(N2Cc3cc(N4CC5(CN(CCOc6ccc(-c7cnc8[nH]cc(C(=O)c9c(F)ccc(NS(=O)(=O)N%10CC[C@@H](F)C%10)c9F)c8c7)cn6)C5)C4)ccc3C2=O)C(=O)N1. The molecule has 5 aromatic rings. The molecule has 4 saturated heterocycles. The van der Waals surface area contributed by atoms with Crippen LogP contribution in [0.25, 0.3) is 22.2 Å². The van der Waals surface area contributed by atoms with Crippen molar-refractivity contribution < 1.29 is 45.5 Å². The third kappa shape index (κ3) is 7.44. The van der Waals surface area contributed by atoms with Crippen LogP contribution in [0.1, 0.15) is 51.1 Å². The van der Waals surface area contributed by atoms with Crippen molar-refractivity contribution in [3.63, 3.8) is 0 Å². The lowest BCUT2D eigenvalue weighted by Crippen LogP contribution is -2.72. The Morgan fingerprint density at radius 2 is 1.78 bits per heavy atom. The number of piperidine rings is 1. The first-order valence-corrected chi connectivity index (χ1v) is 21.9. The van der Waals surface area contributed by atoms with Crippen LogP contribution in [-0.4, -0.2) is 126 Å². The van der Waals surface area contributed by atoms with Gasteiger partial charge in [0.25, 0.3) is 5.91 Å². The Balaban J connectivity index is 0.722. The molecule has 4 fully saturated rings. The first kappa shape index (κ1) is 40.7. The fraction of sp³-hybridized carbons (Fsp3) is 0.349. The van der Waals surface area contributed by atoms with E-state index in [1.165, 1.54) is 6.20 Å². The van der Waals surface area contributed by atoms with Gasteiger partial charge in [-0.2, -0.15) is 12.7 Å². The lowest BCUT2D eigenvalue weighted by atomic mass is 9.72. The molecule has 2 atom stereocenters. The van der Waals surface area contributed by atoms with Gasteiger partial charge in [0.1, 0.15) is 30.3 Å². The third-order valence-electron chi connectivity index (χ3n) is 12.5. The molecular weight excluding hydrogens is 844 g/mol. The predicted octanol–water partition coefficient (Wildman–Crippen LogP) is 3.80. The van der Waals surface area contributed by atoms with E-state index in [0.717, 1.165) is 53.9 Å². The molecule has 8 heterocycles. The van der Waals surface area contributed by atoms with Gasteiger partial charge in [0.05, 0.1) is 11.3 Å². The zero-order chi connectivity index (χ0) is 43.8. The van der Waals surface area contributed by atoms with Crippen molar-refractivity contribution in [1.29, 1.82) is 0 Å². The van der Waals surface area contributed by atoms with Crippen molar-refractivity contribution in [3.8, 4) is 17.0 Å². The number of hydrogen-bond acceptors (Lipinski definition) is 11. The van der Waals surface area contributed by atoms with Crippen molar-refractivity contribution >= 4 is 56.1 Å². The maximum Gasteiger partial charge on any atom is 0.301 e. The number of pyridine rings is 2. The van der Waals surface area contributed by atoms with Crippen LogP contribution in [0.3, 0.4) is 0 Å². The van der Waals surface area contributed by atoms with Crippen LogP contribution >= 0.6 is 0 Å². The summed E-state index contributed by atoms with van der Waals surface area (Å²) in [4.78, 5) is 68.6. The second-order valence-corrected chi connectivity index (χ2v) is 18.5. The summed E-state index contributed by atoms with van der Waals surface area (Å²) in [5.41, 5.74) is 2.51. The molecule has 10 rings (SSSR count). The maximum atomic E-state index is 15.7. The highest BCUT2D eigenvalue weighted by molar-refractivity contribution is 7.90. The molecule has 5 aliphatic heterocycles. The number of imide groups is 1. The summed E-state index contributed by atoms with van der Waals surface area (Å²) in [6.07, 6.45) is 3.61. The Labute approximate surface area is 358 Å². The minimum atomic E-state index is -4.37. The largest absolute Gasteiger partial charge is 0.476 e. The molecule has 63 heavy (non-hydrogen) atoms. The number of likely N-dealkylation sites (tertiary alicyclic amines) is 1. The summed E-state index contributed by atoms with van der Waals surface area (Å²) < 4.78 is 78.7. The van der Waals surface area contributed by atoms with E-state index in [4.69, 9.17) is 4.74 Å². The van der Waals surface area contributed by atoms with Crippen molar-refractivity contribution in [2.75, 3.05) is 62.0 Å². The molecule has 16 nitrogen and oxygen atoms in total. The predicted molar refractivity (Wildman–Crippen MR) is 222 cm³/mol. The Morgan fingerprint density at radius 1 is 0.968 bits per heavy atom. The van der Waals surface area contributed by atoms with Crippen molar-refractivity contribution in [1.82, 2.24) is 34.4 Å². The summed E-state index contributed by atoms with van der Waals surface area (Å²) >= 11 is 0. The minimum Gasteiger partial charge on any atom is -0.476 e. The number of carbonyl (C=O) groups excluding carboxylic acids is 4. The first-order valence-electron chi connectivity index (χ1n) is 20.5. The molecule has 0 saturated carbocycles. The third-order valence-corrected chi connectivity index (χ3v) is 14.0. The smallest absolute Gasteiger partial charge is 0.301 e. The van der Waals surface area contributed by atoms with Crippen LogP contribution in [0, 0.1) is 17.0 Å². The summed E-state index contributed by atoms with van der Waals surface area (Å²) in [7, 11) is -4.37. The minimum absolute atomic E-state index is 0.00619. The van der Waals surface area contributed by atoms with E-state index in [2.05, 4.69) is 30.1 Å². The number of fused-ring (bicyclic) bond motifs is 2. The van der Waals surface area contributed by atoms with Crippen LogP contribution in [0.5, 0.6) is 5.88 Å². The van der Waals surface area contributed by atoms with E-state index in [9.17, 15) is 32.0 Å². The molecule has 0 bridgehead atoms. The van der Waals surface area contributed by atoms with E-state index < -0.39 is 63.5 Å². The second kappa shape index (κ2) is 15.5. The Bertz CT molecular complexity index is 2830. The van der Waals surface area contributed by atoms with Gasteiger partial charge in [-0.3, -0.25) is 34.1 Å². The summed E-state index contributed by atoms with van der Waals surface area (Å²) in [5, 5.41) is 2.62. The van der Waals surface area contributed by atoms with E-state index in [-0.39, 0.29) is 53.2 Å². The van der Waals surface area contributed by atoms with Crippen LogP contribution in [0.15, 0.2) is 67.1 Å². The van der Waals surface area contributed by atoms with Gasteiger partial charge >= 0.3 is 10.2 Å². The molecule has 326 valence electrons. The summed E-state index contributed by atoms with van der Waals surface area (Å²) in [6.45, 7) is 4.61. The number of ketones is 1.